The average molecular weight is 445 g/mol. The number of carbonyl (C=O) groups excluding carboxylic acids is 2. The van der Waals surface area contributed by atoms with Crippen LogP contribution in [0.15, 0.2) is 78.4 Å². The Labute approximate surface area is 189 Å². The van der Waals surface area contributed by atoms with Gasteiger partial charge in [0.15, 0.2) is 11.5 Å². The zero-order valence-electron chi connectivity index (χ0n) is 17.5. The van der Waals surface area contributed by atoms with Crippen LogP contribution in [0.1, 0.15) is 22.7 Å². The molecule has 6 nitrogen and oxygen atoms in total. The van der Waals surface area contributed by atoms with Crippen molar-refractivity contribution in [3.05, 3.63) is 101 Å². The van der Waals surface area contributed by atoms with Crippen molar-refractivity contribution in [1.29, 1.82) is 0 Å². The second-order valence-electron chi connectivity index (χ2n) is 7.82. The lowest BCUT2D eigenvalue weighted by Gasteiger charge is -2.25. The van der Waals surface area contributed by atoms with Gasteiger partial charge in [-0.05, 0) is 41.5 Å². The van der Waals surface area contributed by atoms with Crippen molar-refractivity contribution in [3.8, 4) is 11.5 Å². The van der Waals surface area contributed by atoms with E-state index in [4.69, 9.17) is 9.47 Å². The first-order valence-corrected chi connectivity index (χ1v) is 10.5. The maximum atomic E-state index is 13.6. The van der Waals surface area contributed by atoms with Crippen molar-refractivity contribution in [2.45, 2.75) is 12.6 Å². The Morgan fingerprint density at radius 1 is 0.939 bits per heavy atom. The Kier molecular flexibility index (Phi) is 5.30. The van der Waals surface area contributed by atoms with Gasteiger partial charge in [-0.15, -0.1) is 0 Å². The van der Waals surface area contributed by atoms with Gasteiger partial charge in [-0.2, -0.15) is 0 Å². The highest BCUT2D eigenvalue weighted by Gasteiger charge is 2.46. The second-order valence-corrected chi connectivity index (χ2v) is 7.82. The van der Waals surface area contributed by atoms with Gasteiger partial charge in [0.25, 0.3) is 11.7 Å². The van der Waals surface area contributed by atoms with Gasteiger partial charge in [0.1, 0.15) is 24.8 Å². The topological polar surface area (TPSA) is 76.1 Å². The number of aliphatic hydroxyl groups excluding tert-OH is 1. The average Bonchev–Trinajstić information content (AvgIpc) is 3.09. The number of ether oxygens (including phenoxy) is 2. The van der Waals surface area contributed by atoms with Gasteiger partial charge in [0.2, 0.25) is 0 Å². The molecule has 0 aromatic heterocycles. The minimum atomic E-state index is -0.876. The fourth-order valence-corrected chi connectivity index (χ4v) is 4.16. The fourth-order valence-electron chi connectivity index (χ4n) is 4.16. The molecule has 1 atom stereocenters. The molecule has 0 aliphatic carbocycles. The quantitative estimate of drug-likeness (QED) is 0.370. The van der Waals surface area contributed by atoms with E-state index in [0.717, 1.165) is 5.56 Å². The molecule has 1 fully saturated rings. The third-order valence-electron chi connectivity index (χ3n) is 5.74. The van der Waals surface area contributed by atoms with Gasteiger partial charge in [-0.1, -0.05) is 42.5 Å². The Balaban J connectivity index is 1.63. The molecule has 0 saturated carbocycles. The normalized spacial score (nSPS) is 19.1. The van der Waals surface area contributed by atoms with E-state index in [1.807, 2.05) is 30.3 Å². The maximum absolute atomic E-state index is 13.6. The summed E-state index contributed by atoms with van der Waals surface area (Å²) in [6, 6.07) is 18.8. The number of fused-ring (bicyclic) bond motifs is 1. The summed E-state index contributed by atoms with van der Waals surface area (Å²) < 4.78 is 24.7. The lowest BCUT2D eigenvalue weighted by molar-refractivity contribution is -0.140. The smallest absolute Gasteiger partial charge is 0.295 e. The van der Waals surface area contributed by atoms with Gasteiger partial charge >= 0.3 is 0 Å². The number of Topliss-reactive ketones (excluding diaryl/α,β-unsaturated/α-hetero) is 1. The summed E-state index contributed by atoms with van der Waals surface area (Å²) >= 11 is 0. The Bertz CT molecular complexity index is 1250. The molecule has 0 spiro atoms. The van der Waals surface area contributed by atoms with E-state index in [1.165, 1.54) is 29.2 Å². The number of halogens is 1. The molecular weight excluding hydrogens is 425 g/mol. The SMILES string of the molecule is O=C1C(=O)N(Cc2ccccc2)C(c2ccc(F)cc2)/C1=C(\O)c1ccc2c(c1)OCCO2. The van der Waals surface area contributed by atoms with Crippen LogP contribution in [0, 0.1) is 5.82 Å². The minimum absolute atomic E-state index is 0.0563. The summed E-state index contributed by atoms with van der Waals surface area (Å²) in [4.78, 5) is 27.6. The van der Waals surface area contributed by atoms with Crippen LogP contribution in [0.5, 0.6) is 11.5 Å². The molecule has 7 heteroatoms. The lowest BCUT2D eigenvalue weighted by atomic mass is 9.95. The molecule has 33 heavy (non-hydrogen) atoms. The van der Waals surface area contributed by atoms with E-state index in [-0.39, 0.29) is 17.9 Å². The van der Waals surface area contributed by atoms with Crippen LogP contribution in [0.25, 0.3) is 5.76 Å². The standard InChI is InChI=1S/C26H20FNO5/c27-19-9-6-17(7-10-19)23-22(24(29)18-8-11-20-21(14-18)33-13-12-32-20)25(30)26(31)28(23)15-16-4-2-1-3-5-16/h1-11,14,23,29H,12-13,15H2/b24-22+. The summed E-state index contributed by atoms with van der Waals surface area (Å²) in [6.07, 6.45) is 0. The van der Waals surface area contributed by atoms with Crippen molar-refractivity contribution < 1.29 is 28.6 Å². The van der Waals surface area contributed by atoms with Crippen molar-refractivity contribution in [2.24, 2.45) is 0 Å². The van der Waals surface area contributed by atoms with E-state index in [9.17, 15) is 19.1 Å². The summed E-state index contributed by atoms with van der Waals surface area (Å²) in [5, 5.41) is 11.2. The summed E-state index contributed by atoms with van der Waals surface area (Å²) in [5.74, 6) is -1.31. The molecule has 1 unspecified atom stereocenters. The molecule has 2 aliphatic heterocycles. The highest BCUT2D eigenvalue weighted by molar-refractivity contribution is 6.46. The molecule has 1 amide bonds. The van der Waals surface area contributed by atoms with E-state index < -0.39 is 23.5 Å². The van der Waals surface area contributed by atoms with Crippen molar-refractivity contribution in [1.82, 2.24) is 4.90 Å². The van der Waals surface area contributed by atoms with Crippen LogP contribution < -0.4 is 9.47 Å². The summed E-state index contributed by atoms with van der Waals surface area (Å²) in [5.41, 5.74) is 1.61. The number of amides is 1. The van der Waals surface area contributed by atoms with Gasteiger partial charge in [-0.3, -0.25) is 9.59 Å². The minimum Gasteiger partial charge on any atom is -0.507 e. The van der Waals surface area contributed by atoms with Gasteiger partial charge in [0, 0.05) is 12.1 Å². The first kappa shape index (κ1) is 20.8. The second kappa shape index (κ2) is 8.43. The van der Waals surface area contributed by atoms with Crippen LogP contribution in [-0.2, 0) is 16.1 Å². The van der Waals surface area contributed by atoms with Gasteiger partial charge in [0.05, 0.1) is 11.6 Å². The molecule has 166 valence electrons. The van der Waals surface area contributed by atoms with E-state index >= 15 is 0 Å². The summed E-state index contributed by atoms with van der Waals surface area (Å²) in [7, 11) is 0. The number of hydrogen-bond acceptors (Lipinski definition) is 5. The molecule has 1 N–H and O–H groups in total. The Morgan fingerprint density at radius 3 is 2.36 bits per heavy atom. The Hall–Kier alpha value is -4.13. The number of nitrogens with zero attached hydrogens (tertiary/aromatic N) is 1. The number of rotatable bonds is 4. The van der Waals surface area contributed by atoms with E-state index in [1.54, 1.807) is 18.2 Å². The van der Waals surface area contributed by atoms with Crippen molar-refractivity contribution in [3.63, 3.8) is 0 Å². The van der Waals surface area contributed by atoms with Gasteiger partial charge in [-0.25, -0.2) is 4.39 Å². The molecule has 3 aromatic carbocycles. The number of aliphatic hydroxyl groups is 1. The van der Waals surface area contributed by atoms with Crippen molar-refractivity contribution in [2.75, 3.05) is 13.2 Å². The van der Waals surface area contributed by atoms with E-state index in [2.05, 4.69) is 0 Å². The number of likely N-dealkylation sites (tertiary alicyclic amines) is 1. The molecular formula is C26H20FNO5. The van der Waals surface area contributed by atoms with Crippen molar-refractivity contribution >= 4 is 17.4 Å². The maximum Gasteiger partial charge on any atom is 0.295 e. The largest absolute Gasteiger partial charge is 0.507 e. The number of benzene rings is 3. The monoisotopic (exact) mass is 445 g/mol. The van der Waals surface area contributed by atoms with Crippen LogP contribution in [0.2, 0.25) is 0 Å². The third kappa shape index (κ3) is 3.82. The molecule has 1 saturated heterocycles. The molecule has 0 radical (unpaired) electrons. The molecule has 5 rings (SSSR count). The Morgan fingerprint density at radius 2 is 1.64 bits per heavy atom. The molecule has 0 bridgehead atoms. The zero-order valence-corrected chi connectivity index (χ0v) is 17.5. The van der Waals surface area contributed by atoms with Gasteiger partial charge < -0.3 is 19.5 Å². The first-order chi connectivity index (χ1) is 16.0. The predicted octanol–water partition coefficient (Wildman–Crippen LogP) is 4.22. The third-order valence-corrected chi connectivity index (χ3v) is 5.74. The highest BCUT2D eigenvalue weighted by atomic mass is 19.1. The molecule has 2 heterocycles. The molecule has 2 aliphatic rings. The number of ketones is 1. The van der Waals surface area contributed by atoms with Crippen LogP contribution >= 0.6 is 0 Å². The first-order valence-electron chi connectivity index (χ1n) is 10.5. The van der Waals surface area contributed by atoms with E-state index in [0.29, 0.717) is 35.8 Å². The predicted molar refractivity (Wildman–Crippen MR) is 118 cm³/mol. The summed E-state index contributed by atoms with van der Waals surface area (Å²) in [6.45, 7) is 0.952. The van der Waals surface area contributed by atoms with Crippen LogP contribution in [0.4, 0.5) is 4.39 Å². The van der Waals surface area contributed by atoms with Crippen LogP contribution in [0.3, 0.4) is 0 Å². The highest BCUT2D eigenvalue weighted by Crippen LogP contribution is 2.41. The molecule has 3 aromatic rings. The zero-order chi connectivity index (χ0) is 22.9. The number of hydrogen-bond donors (Lipinski definition) is 1. The lowest BCUT2D eigenvalue weighted by Crippen LogP contribution is -2.29. The number of carbonyl (C=O) groups is 2. The van der Waals surface area contributed by atoms with Crippen LogP contribution in [-0.4, -0.2) is 34.9 Å². The fraction of sp³-hybridized carbons (Fsp3) is 0.154.